The predicted molar refractivity (Wildman–Crippen MR) is 67.6 cm³/mol. The van der Waals surface area contributed by atoms with E-state index in [9.17, 15) is 4.79 Å². The molecule has 0 aromatic carbocycles. The van der Waals surface area contributed by atoms with Crippen molar-refractivity contribution in [2.75, 3.05) is 25.5 Å². The maximum atomic E-state index is 10.5. The molecule has 0 aliphatic heterocycles. The molecule has 0 spiro atoms. The molecule has 1 aliphatic rings. The van der Waals surface area contributed by atoms with Crippen LogP contribution in [0.4, 0.5) is 5.13 Å². The van der Waals surface area contributed by atoms with E-state index >= 15 is 0 Å². The summed E-state index contributed by atoms with van der Waals surface area (Å²) in [6.07, 6.45) is 2.63. The molecule has 94 valence electrons. The number of rotatable bonds is 7. The second-order valence-electron chi connectivity index (χ2n) is 4.35. The molecule has 17 heavy (non-hydrogen) atoms. The van der Waals surface area contributed by atoms with Gasteiger partial charge in [0, 0.05) is 24.5 Å². The van der Waals surface area contributed by atoms with E-state index in [1.165, 1.54) is 24.2 Å². The summed E-state index contributed by atoms with van der Waals surface area (Å²) in [7, 11) is 2.14. The summed E-state index contributed by atoms with van der Waals surface area (Å²) in [4.78, 5) is 17.1. The molecule has 1 aliphatic carbocycles. The van der Waals surface area contributed by atoms with Crippen LogP contribution in [-0.2, 0) is 11.2 Å². The minimum atomic E-state index is -0.838. The molecule has 6 heteroatoms. The number of carboxylic acid groups (broad SMARTS) is 1. The highest BCUT2D eigenvalue weighted by atomic mass is 32.1. The first-order valence-corrected chi connectivity index (χ1v) is 6.63. The Balaban J connectivity index is 1.71. The van der Waals surface area contributed by atoms with Crippen molar-refractivity contribution in [3.05, 3.63) is 11.1 Å². The Morgan fingerprint density at radius 1 is 1.71 bits per heavy atom. The first-order chi connectivity index (χ1) is 8.15. The average molecular weight is 255 g/mol. The van der Waals surface area contributed by atoms with Gasteiger partial charge >= 0.3 is 5.97 Å². The van der Waals surface area contributed by atoms with Crippen LogP contribution in [0.25, 0.3) is 0 Å². The maximum absolute atomic E-state index is 10.5. The molecule has 0 atom stereocenters. The normalized spacial score (nSPS) is 15.2. The topological polar surface area (TPSA) is 65.5 Å². The van der Waals surface area contributed by atoms with Crippen molar-refractivity contribution in [1.82, 2.24) is 9.88 Å². The van der Waals surface area contributed by atoms with E-state index in [-0.39, 0.29) is 6.42 Å². The van der Waals surface area contributed by atoms with Crippen LogP contribution in [-0.4, -0.2) is 47.1 Å². The van der Waals surface area contributed by atoms with Crippen molar-refractivity contribution in [1.29, 1.82) is 0 Å². The quantitative estimate of drug-likeness (QED) is 0.768. The number of nitrogens with zero attached hydrogens (tertiary/aromatic N) is 2. The lowest BCUT2D eigenvalue weighted by molar-refractivity contribution is -0.136. The van der Waals surface area contributed by atoms with Crippen molar-refractivity contribution in [3.8, 4) is 0 Å². The second-order valence-corrected chi connectivity index (χ2v) is 5.21. The predicted octanol–water partition coefficient (Wildman–Crippen LogP) is 1.28. The van der Waals surface area contributed by atoms with Gasteiger partial charge in [-0.1, -0.05) is 0 Å². The van der Waals surface area contributed by atoms with E-state index in [0.29, 0.717) is 5.69 Å². The van der Waals surface area contributed by atoms with E-state index < -0.39 is 5.97 Å². The number of aliphatic carboxylic acids is 1. The zero-order valence-corrected chi connectivity index (χ0v) is 10.7. The molecule has 1 aromatic heterocycles. The third kappa shape index (κ3) is 3.98. The highest BCUT2D eigenvalue weighted by Gasteiger charge is 2.25. The lowest BCUT2D eigenvalue weighted by Gasteiger charge is -2.15. The van der Waals surface area contributed by atoms with Crippen molar-refractivity contribution in [2.45, 2.75) is 25.3 Å². The number of likely N-dealkylation sites (N-methyl/N-ethyl adjacent to an activating group) is 1. The SMILES string of the molecule is CN(CCNc1nc(CC(=O)O)cs1)C1CC1. The Morgan fingerprint density at radius 2 is 2.47 bits per heavy atom. The van der Waals surface area contributed by atoms with Crippen LogP contribution >= 0.6 is 11.3 Å². The molecule has 0 saturated heterocycles. The Hall–Kier alpha value is -1.14. The van der Waals surface area contributed by atoms with Gasteiger partial charge in [0.1, 0.15) is 0 Å². The summed E-state index contributed by atoms with van der Waals surface area (Å²) in [6, 6.07) is 0.774. The molecule has 0 amide bonds. The van der Waals surface area contributed by atoms with Gasteiger partial charge in [0.05, 0.1) is 12.1 Å². The minimum Gasteiger partial charge on any atom is -0.481 e. The Kier molecular flexibility index (Phi) is 3.96. The Morgan fingerprint density at radius 3 is 3.12 bits per heavy atom. The molecule has 5 nitrogen and oxygen atoms in total. The van der Waals surface area contributed by atoms with Gasteiger partial charge in [-0.3, -0.25) is 4.79 Å². The molecule has 1 saturated carbocycles. The first-order valence-electron chi connectivity index (χ1n) is 5.75. The van der Waals surface area contributed by atoms with Crippen LogP contribution in [0.3, 0.4) is 0 Å². The molecular formula is C11H17N3O2S. The lowest BCUT2D eigenvalue weighted by Crippen LogP contribution is -2.26. The van der Waals surface area contributed by atoms with Crippen LogP contribution < -0.4 is 5.32 Å². The third-order valence-electron chi connectivity index (χ3n) is 2.80. The van der Waals surface area contributed by atoms with Gasteiger partial charge in [-0.25, -0.2) is 4.98 Å². The molecule has 1 fully saturated rings. The van der Waals surface area contributed by atoms with Gasteiger partial charge in [0.2, 0.25) is 0 Å². The summed E-state index contributed by atoms with van der Waals surface area (Å²) in [6.45, 7) is 1.85. The van der Waals surface area contributed by atoms with Crippen molar-refractivity contribution in [2.24, 2.45) is 0 Å². The van der Waals surface area contributed by atoms with Gasteiger partial charge in [-0.15, -0.1) is 11.3 Å². The summed E-state index contributed by atoms with van der Waals surface area (Å²) < 4.78 is 0. The number of anilines is 1. The molecular weight excluding hydrogens is 238 g/mol. The van der Waals surface area contributed by atoms with E-state index in [1.807, 2.05) is 0 Å². The average Bonchev–Trinajstić information content (AvgIpc) is 3.02. The van der Waals surface area contributed by atoms with E-state index in [2.05, 4.69) is 22.2 Å². The number of carbonyl (C=O) groups is 1. The fourth-order valence-electron chi connectivity index (χ4n) is 1.66. The van der Waals surface area contributed by atoms with Crippen LogP contribution in [0.2, 0.25) is 0 Å². The summed E-state index contributed by atoms with van der Waals surface area (Å²) in [5.41, 5.74) is 0.626. The van der Waals surface area contributed by atoms with Crippen molar-refractivity contribution >= 4 is 22.4 Å². The lowest BCUT2D eigenvalue weighted by atomic mass is 10.3. The fraction of sp³-hybridized carbons (Fsp3) is 0.636. The first kappa shape index (κ1) is 12.3. The summed E-state index contributed by atoms with van der Waals surface area (Å²) in [5.74, 6) is -0.838. The summed E-state index contributed by atoms with van der Waals surface area (Å²) in [5, 5.41) is 14.5. The van der Waals surface area contributed by atoms with Crippen LogP contribution in [0.5, 0.6) is 0 Å². The fourth-order valence-corrected chi connectivity index (χ4v) is 2.40. The smallest absolute Gasteiger partial charge is 0.309 e. The largest absolute Gasteiger partial charge is 0.481 e. The highest BCUT2D eigenvalue weighted by Crippen LogP contribution is 2.24. The Bertz CT molecular complexity index is 390. The minimum absolute atomic E-state index is 0.000156. The van der Waals surface area contributed by atoms with Gasteiger partial charge in [-0.05, 0) is 19.9 Å². The molecule has 2 N–H and O–H groups in total. The molecule has 0 bridgehead atoms. The second kappa shape index (κ2) is 5.46. The zero-order chi connectivity index (χ0) is 12.3. The zero-order valence-electron chi connectivity index (χ0n) is 9.85. The number of hydrogen-bond acceptors (Lipinski definition) is 5. The van der Waals surface area contributed by atoms with Gasteiger partial charge in [0.15, 0.2) is 5.13 Å². The maximum Gasteiger partial charge on any atom is 0.309 e. The molecule has 0 unspecified atom stereocenters. The number of carboxylic acids is 1. The van der Waals surface area contributed by atoms with Crippen LogP contribution in [0.1, 0.15) is 18.5 Å². The van der Waals surface area contributed by atoms with Crippen LogP contribution in [0, 0.1) is 0 Å². The van der Waals surface area contributed by atoms with Crippen molar-refractivity contribution in [3.63, 3.8) is 0 Å². The Labute approximate surface area is 104 Å². The number of aromatic nitrogens is 1. The monoisotopic (exact) mass is 255 g/mol. The number of nitrogens with one attached hydrogen (secondary N) is 1. The molecule has 0 radical (unpaired) electrons. The van der Waals surface area contributed by atoms with Crippen LogP contribution in [0.15, 0.2) is 5.38 Å². The van der Waals surface area contributed by atoms with Gasteiger partial charge in [0.25, 0.3) is 0 Å². The molecule has 1 heterocycles. The number of hydrogen-bond donors (Lipinski definition) is 2. The van der Waals surface area contributed by atoms with Crippen molar-refractivity contribution < 1.29 is 9.90 Å². The third-order valence-corrected chi connectivity index (χ3v) is 3.64. The van der Waals surface area contributed by atoms with E-state index in [1.54, 1.807) is 5.38 Å². The summed E-state index contributed by atoms with van der Waals surface area (Å²) >= 11 is 1.46. The number of thiazole rings is 1. The van der Waals surface area contributed by atoms with E-state index in [4.69, 9.17) is 5.11 Å². The standard InChI is InChI=1S/C11H17N3O2S/c1-14(9-2-3-9)5-4-12-11-13-8(7-17-11)6-10(15)16/h7,9H,2-6H2,1H3,(H,12,13)(H,15,16). The van der Waals surface area contributed by atoms with Gasteiger partial charge in [-0.2, -0.15) is 0 Å². The van der Waals surface area contributed by atoms with E-state index in [0.717, 1.165) is 24.3 Å². The molecule has 2 rings (SSSR count). The van der Waals surface area contributed by atoms with Gasteiger partial charge < -0.3 is 15.3 Å². The highest BCUT2D eigenvalue weighted by molar-refractivity contribution is 7.13. The molecule has 1 aromatic rings.